The van der Waals surface area contributed by atoms with Crippen LogP contribution in [0.1, 0.15) is 0 Å². The van der Waals surface area contributed by atoms with Crippen LogP contribution in [0.15, 0.2) is 24.5 Å². The van der Waals surface area contributed by atoms with Crippen molar-refractivity contribution >= 4 is 5.97 Å². The maximum absolute atomic E-state index is 10.7. The number of carbonyl (C=O) groups is 1. The van der Waals surface area contributed by atoms with E-state index >= 15 is 0 Å². The molecule has 1 unspecified atom stereocenters. The molecule has 1 N–H and O–H groups in total. The Hall–Kier alpha value is -1.25. The summed E-state index contributed by atoms with van der Waals surface area (Å²) in [5.74, 6) is -0.593. The van der Waals surface area contributed by atoms with Crippen LogP contribution < -0.4 is 0 Å². The fraction of sp³-hybridized carbons (Fsp3) is 0.286. The summed E-state index contributed by atoms with van der Waals surface area (Å²) < 4.78 is 4.62. The molecule has 1 atom stereocenters. The number of hydrogen-bond donors (Lipinski definition) is 1. The van der Waals surface area contributed by atoms with E-state index in [0.29, 0.717) is 6.61 Å². The van der Waals surface area contributed by atoms with Crippen molar-refractivity contribution in [2.24, 2.45) is 5.92 Å². The molecule has 0 aromatic heterocycles. The number of ether oxygens (including phenoxy) is 1. The lowest BCUT2D eigenvalue weighted by Gasteiger charge is -1.95. The van der Waals surface area contributed by atoms with Gasteiger partial charge in [-0.1, -0.05) is 6.08 Å². The Morgan fingerprint density at radius 1 is 1.80 bits per heavy atom. The van der Waals surface area contributed by atoms with Crippen LogP contribution >= 0.6 is 0 Å². The average Bonchev–Trinajstić information content (AvgIpc) is 2.30. The Labute approximate surface area is 58.6 Å². The third-order valence-corrected chi connectivity index (χ3v) is 1.45. The van der Waals surface area contributed by atoms with Crippen molar-refractivity contribution in [3.8, 4) is 0 Å². The SMILES string of the molecule is C=CC1COC(=O)/C1=C\O. The summed E-state index contributed by atoms with van der Waals surface area (Å²) in [6.45, 7) is 3.79. The number of cyclic esters (lactones) is 1. The molecule has 0 spiro atoms. The normalized spacial score (nSPS) is 28.6. The second-order valence-electron chi connectivity index (χ2n) is 2.03. The topological polar surface area (TPSA) is 46.5 Å². The summed E-state index contributed by atoms with van der Waals surface area (Å²) >= 11 is 0. The average molecular weight is 140 g/mol. The third kappa shape index (κ3) is 0.900. The van der Waals surface area contributed by atoms with Gasteiger partial charge in [-0.05, 0) is 0 Å². The van der Waals surface area contributed by atoms with E-state index in [1.165, 1.54) is 0 Å². The lowest BCUT2D eigenvalue weighted by Crippen LogP contribution is -1.99. The van der Waals surface area contributed by atoms with Gasteiger partial charge in [0.2, 0.25) is 0 Å². The number of carbonyl (C=O) groups excluding carboxylic acids is 1. The molecule has 1 fully saturated rings. The van der Waals surface area contributed by atoms with Crippen molar-refractivity contribution in [2.45, 2.75) is 0 Å². The standard InChI is InChI=1S/C7H8O3/c1-2-5-4-10-7(9)6(5)3-8/h2-3,5,8H,1,4H2/b6-3-. The van der Waals surface area contributed by atoms with Crippen LogP contribution in [0, 0.1) is 5.92 Å². The minimum Gasteiger partial charge on any atom is -0.515 e. The molecule has 54 valence electrons. The van der Waals surface area contributed by atoms with Crippen molar-refractivity contribution in [1.82, 2.24) is 0 Å². The highest BCUT2D eigenvalue weighted by molar-refractivity contribution is 5.91. The van der Waals surface area contributed by atoms with Gasteiger partial charge in [-0.25, -0.2) is 4.79 Å². The number of aliphatic hydroxyl groups is 1. The molecule has 0 aliphatic carbocycles. The molecular formula is C7H8O3. The zero-order valence-electron chi connectivity index (χ0n) is 5.41. The molecule has 1 aliphatic heterocycles. The fourth-order valence-electron chi connectivity index (χ4n) is 0.833. The van der Waals surface area contributed by atoms with Crippen LogP contribution in [-0.2, 0) is 9.53 Å². The van der Waals surface area contributed by atoms with Gasteiger partial charge in [-0.15, -0.1) is 6.58 Å². The molecule has 1 saturated heterocycles. The quantitative estimate of drug-likeness (QED) is 0.253. The van der Waals surface area contributed by atoms with Crippen molar-refractivity contribution in [1.29, 1.82) is 0 Å². The van der Waals surface area contributed by atoms with Crippen molar-refractivity contribution in [3.63, 3.8) is 0 Å². The first-order valence-electron chi connectivity index (χ1n) is 2.93. The molecule has 3 heteroatoms. The predicted octanol–water partition coefficient (Wildman–Crippen LogP) is 0.787. The van der Waals surface area contributed by atoms with Gasteiger partial charge in [-0.3, -0.25) is 0 Å². The number of rotatable bonds is 1. The number of aliphatic hydroxyl groups excluding tert-OH is 1. The summed E-state index contributed by atoms with van der Waals surface area (Å²) in [5.41, 5.74) is 0.287. The maximum Gasteiger partial charge on any atom is 0.337 e. The molecule has 0 radical (unpaired) electrons. The van der Waals surface area contributed by atoms with E-state index in [4.69, 9.17) is 5.11 Å². The van der Waals surface area contributed by atoms with Gasteiger partial charge in [0.05, 0.1) is 11.8 Å². The first-order valence-corrected chi connectivity index (χ1v) is 2.93. The Morgan fingerprint density at radius 2 is 2.50 bits per heavy atom. The minimum atomic E-state index is -0.451. The van der Waals surface area contributed by atoms with Crippen LogP contribution in [0.25, 0.3) is 0 Å². The van der Waals surface area contributed by atoms with Gasteiger partial charge in [-0.2, -0.15) is 0 Å². The van der Waals surface area contributed by atoms with Crippen LogP contribution in [0.5, 0.6) is 0 Å². The fourth-order valence-corrected chi connectivity index (χ4v) is 0.833. The molecule has 0 saturated carbocycles. The predicted molar refractivity (Wildman–Crippen MR) is 35.4 cm³/mol. The van der Waals surface area contributed by atoms with Crippen molar-refractivity contribution < 1.29 is 14.6 Å². The van der Waals surface area contributed by atoms with Crippen LogP contribution in [0.4, 0.5) is 0 Å². The molecule has 1 aliphatic rings. The highest BCUT2D eigenvalue weighted by Crippen LogP contribution is 2.20. The molecule has 1 rings (SSSR count). The Morgan fingerprint density at radius 3 is 2.90 bits per heavy atom. The summed E-state index contributed by atoms with van der Waals surface area (Å²) in [4.78, 5) is 10.7. The van der Waals surface area contributed by atoms with Crippen LogP contribution in [-0.4, -0.2) is 17.7 Å². The van der Waals surface area contributed by atoms with E-state index in [1.54, 1.807) is 6.08 Å². The minimum absolute atomic E-state index is 0.141. The maximum atomic E-state index is 10.7. The summed E-state index contributed by atoms with van der Waals surface area (Å²) in [6, 6.07) is 0. The molecule has 3 nitrogen and oxygen atoms in total. The van der Waals surface area contributed by atoms with Gasteiger partial charge in [0, 0.05) is 5.92 Å². The lowest BCUT2D eigenvalue weighted by atomic mass is 10.0. The third-order valence-electron chi connectivity index (χ3n) is 1.45. The number of esters is 1. The first kappa shape index (κ1) is 6.86. The van der Waals surface area contributed by atoms with Crippen molar-refractivity contribution in [3.05, 3.63) is 24.5 Å². The van der Waals surface area contributed by atoms with Gasteiger partial charge in [0.15, 0.2) is 0 Å². The van der Waals surface area contributed by atoms with Crippen LogP contribution in [0.2, 0.25) is 0 Å². The second kappa shape index (κ2) is 2.56. The summed E-state index contributed by atoms with van der Waals surface area (Å²) in [7, 11) is 0. The monoisotopic (exact) mass is 140 g/mol. The van der Waals surface area contributed by atoms with Gasteiger partial charge < -0.3 is 9.84 Å². The van der Waals surface area contributed by atoms with Gasteiger partial charge in [0.1, 0.15) is 6.61 Å². The molecule has 1 heterocycles. The van der Waals surface area contributed by atoms with E-state index in [9.17, 15) is 4.79 Å². The Bertz CT molecular complexity index is 193. The molecule has 10 heavy (non-hydrogen) atoms. The van der Waals surface area contributed by atoms with E-state index < -0.39 is 5.97 Å². The van der Waals surface area contributed by atoms with E-state index in [2.05, 4.69) is 11.3 Å². The zero-order valence-corrected chi connectivity index (χ0v) is 5.41. The lowest BCUT2D eigenvalue weighted by molar-refractivity contribution is -0.135. The Kier molecular flexibility index (Phi) is 1.76. The molecule has 0 amide bonds. The highest BCUT2D eigenvalue weighted by atomic mass is 16.5. The van der Waals surface area contributed by atoms with E-state index in [-0.39, 0.29) is 11.5 Å². The largest absolute Gasteiger partial charge is 0.515 e. The highest BCUT2D eigenvalue weighted by Gasteiger charge is 2.28. The second-order valence-corrected chi connectivity index (χ2v) is 2.03. The first-order chi connectivity index (χ1) is 4.79. The summed E-state index contributed by atoms with van der Waals surface area (Å²) in [5, 5.41) is 8.53. The van der Waals surface area contributed by atoms with Gasteiger partial charge >= 0.3 is 5.97 Å². The van der Waals surface area contributed by atoms with E-state index in [1.807, 2.05) is 0 Å². The molecule has 0 aromatic carbocycles. The number of hydrogen-bond acceptors (Lipinski definition) is 3. The van der Waals surface area contributed by atoms with Crippen molar-refractivity contribution in [2.75, 3.05) is 6.61 Å². The molecule has 0 aromatic rings. The summed E-state index contributed by atoms with van der Waals surface area (Å²) in [6.07, 6.45) is 2.36. The molecule has 0 bridgehead atoms. The molecular weight excluding hydrogens is 132 g/mol. The van der Waals surface area contributed by atoms with E-state index in [0.717, 1.165) is 6.26 Å². The Balaban J connectivity index is 2.82. The van der Waals surface area contributed by atoms with Crippen LogP contribution in [0.3, 0.4) is 0 Å². The zero-order chi connectivity index (χ0) is 7.56. The van der Waals surface area contributed by atoms with Gasteiger partial charge in [0.25, 0.3) is 0 Å². The smallest absolute Gasteiger partial charge is 0.337 e.